The summed E-state index contributed by atoms with van der Waals surface area (Å²) in [7, 11) is 1.67. The Bertz CT molecular complexity index is 503. The second kappa shape index (κ2) is 6.00. The topological polar surface area (TPSA) is 85.6 Å². The number of amides is 1. The Morgan fingerprint density at radius 2 is 2.25 bits per heavy atom. The summed E-state index contributed by atoms with van der Waals surface area (Å²) in [6.07, 6.45) is 0. The third-order valence-electron chi connectivity index (χ3n) is 3.28. The highest BCUT2D eigenvalue weighted by Gasteiger charge is 2.20. The molecule has 20 heavy (non-hydrogen) atoms. The zero-order valence-corrected chi connectivity index (χ0v) is 12.0. The molecule has 1 atom stereocenters. The molecule has 0 saturated carbocycles. The van der Waals surface area contributed by atoms with Crippen LogP contribution in [0.15, 0.2) is 12.1 Å². The van der Waals surface area contributed by atoms with E-state index in [1.807, 2.05) is 0 Å². The van der Waals surface area contributed by atoms with E-state index < -0.39 is 0 Å². The summed E-state index contributed by atoms with van der Waals surface area (Å²) in [5.74, 6) is 0.822. The molecular weight excluding hydrogens is 258 g/mol. The number of nitrogens with two attached hydrogens (primary N) is 1. The van der Waals surface area contributed by atoms with Crippen molar-refractivity contribution in [2.45, 2.75) is 19.9 Å². The molecule has 0 spiro atoms. The highest BCUT2D eigenvalue weighted by molar-refractivity contribution is 5.97. The van der Waals surface area contributed by atoms with Gasteiger partial charge in [-0.15, -0.1) is 0 Å². The number of nitrogen functional groups attached to an aromatic ring is 1. The van der Waals surface area contributed by atoms with Gasteiger partial charge in [0.2, 0.25) is 0 Å². The molecule has 0 radical (unpaired) electrons. The molecule has 1 amide bonds. The number of fused-ring (bicyclic) bond motifs is 1. The van der Waals surface area contributed by atoms with Crippen molar-refractivity contribution < 1.29 is 14.3 Å². The van der Waals surface area contributed by atoms with Gasteiger partial charge >= 0.3 is 0 Å². The lowest BCUT2D eigenvalue weighted by Gasteiger charge is -2.25. The summed E-state index contributed by atoms with van der Waals surface area (Å²) >= 11 is 0. The normalized spacial score (nSPS) is 15.3. The quantitative estimate of drug-likeness (QED) is 0.714. The summed E-state index contributed by atoms with van der Waals surface area (Å²) in [6, 6.07) is 3.66. The Hall–Kier alpha value is -1.95. The molecule has 6 heteroatoms. The lowest BCUT2D eigenvalue weighted by atomic mass is 10.0. The number of nitrogens with one attached hydrogen (secondary N) is 2. The summed E-state index contributed by atoms with van der Waals surface area (Å²) < 4.78 is 10.5. The molecule has 2 rings (SSSR count). The molecule has 1 aromatic rings. The van der Waals surface area contributed by atoms with Gasteiger partial charge in [0.15, 0.2) is 6.61 Å². The Balaban J connectivity index is 2.23. The fraction of sp³-hybridized carbons (Fsp3) is 0.500. The summed E-state index contributed by atoms with van der Waals surface area (Å²) in [5.41, 5.74) is 8.02. The van der Waals surface area contributed by atoms with Crippen LogP contribution in [0.5, 0.6) is 5.75 Å². The average Bonchev–Trinajstić information content (AvgIpc) is 2.39. The zero-order valence-electron chi connectivity index (χ0n) is 12.0. The fourth-order valence-corrected chi connectivity index (χ4v) is 2.05. The number of carbonyl (C=O) groups excluding carboxylic acids is 1. The van der Waals surface area contributed by atoms with Gasteiger partial charge in [0.25, 0.3) is 5.91 Å². The highest BCUT2D eigenvalue weighted by atomic mass is 16.5. The van der Waals surface area contributed by atoms with Gasteiger partial charge in [-0.2, -0.15) is 0 Å². The first-order valence-corrected chi connectivity index (χ1v) is 6.63. The minimum atomic E-state index is -0.162. The zero-order chi connectivity index (χ0) is 14.7. The van der Waals surface area contributed by atoms with Crippen LogP contribution >= 0.6 is 0 Å². The molecule has 0 fully saturated rings. The van der Waals surface area contributed by atoms with E-state index in [0.717, 1.165) is 5.69 Å². The van der Waals surface area contributed by atoms with E-state index in [1.54, 1.807) is 19.2 Å². The molecule has 0 aliphatic carbocycles. The second-order valence-corrected chi connectivity index (χ2v) is 5.22. The SMILES string of the molecule is COCC(Nc1cc2c(cc1N)OCC(=O)N2)C(C)C. The predicted octanol–water partition coefficient (Wildman–Crippen LogP) is 1.68. The number of methoxy groups -OCH3 is 1. The van der Waals surface area contributed by atoms with Crippen molar-refractivity contribution >= 4 is 23.0 Å². The van der Waals surface area contributed by atoms with Crippen molar-refractivity contribution in [3.05, 3.63) is 12.1 Å². The van der Waals surface area contributed by atoms with E-state index in [1.165, 1.54) is 0 Å². The Kier molecular flexibility index (Phi) is 4.34. The standard InChI is InChI=1S/C14H21N3O3/c1-8(2)12(6-19-3)16-10-5-11-13(4-9(10)15)20-7-14(18)17-11/h4-5,8,12,16H,6-7,15H2,1-3H3,(H,17,18). The van der Waals surface area contributed by atoms with Gasteiger partial charge in [0, 0.05) is 13.2 Å². The molecule has 1 aliphatic heterocycles. The molecule has 0 saturated heterocycles. The molecule has 0 aromatic heterocycles. The molecule has 0 bridgehead atoms. The Morgan fingerprint density at radius 1 is 1.50 bits per heavy atom. The van der Waals surface area contributed by atoms with Gasteiger partial charge in [-0.05, 0) is 12.0 Å². The lowest BCUT2D eigenvalue weighted by molar-refractivity contribution is -0.118. The number of hydrogen-bond acceptors (Lipinski definition) is 5. The van der Waals surface area contributed by atoms with E-state index in [9.17, 15) is 4.79 Å². The monoisotopic (exact) mass is 279 g/mol. The number of ether oxygens (including phenoxy) is 2. The van der Waals surface area contributed by atoms with Crippen molar-refractivity contribution in [3.8, 4) is 5.75 Å². The molecule has 1 aliphatic rings. The van der Waals surface area contributed by atoms with E-state index in [-0.39, 0.29) is 18.6 Å². The minimum absolute atomic E-state index is 0.0253. The van der Waals surface area contributed by atoms with Crippen LogP contribution in [0.3, 0.4) is 0 Å². The molecule has 6 nitrogen and oxygen atoms in total. The lowest BCUT2D eigenvalue weighted by Crippen LogP contribution is -2.31. The number of benzene rings is 1. The van der Waals surface area contributed by atoms with Gasteiger partial charge < -0.3 is 25.8 Å². The number of anilines is 3. The maximum Gasteiger partial charge on any atom is 0.262 e. The smallest absolute Gasteiger partial charge is 0.262 e. The summed E-state index contributed by atoms with van der Waals surface area (Å²) in [5, 5.41) is 6.13. The van der Waals surface area contributed by atoms with E-state index in [0.29, 0.717) is 29.6 Å². The van der Waals surface area contributed by atoms with Crippen LogP contribution in [0, 0.1) is 5.92 Å². The van der Waals surface area contributed by atoms with Crippen LogP contribution in [-0.4, -0.2) is 32.3 Å². The summed E-state index contributed by atoms with van der Waals surface area (Å²) in [6.45, 7) is 4.82. The third-order valence-corrected chi connectivity index (χ3v) is 3.28. The van der Waals surface area contributed by atoms with Crippen molar-refractivity contribution in [3.63, 3.8) is 0 Å². The molecular formula is C14H21N3O3. The van der Waals surface area contributed by atoms with Crippen molar-refractivity contribution in [1.82, 2.24) is 0 Å². The average molecular weight is 279 g/mol. The first-order chi connectivity index (χ1) is 9.51. The maximum absolute atomic E-state index is 11.3. The first-order valence-electron chi connectivity index (χ1n) is 6.63. The Labute approximate surface area is 118 Å². The van der Waals surface area contributed by atoms with Gasteiger partial charge in [-0.25, -0.2) is 0 Å². The van der Waals surface area contributed by atoms with Crippen LogP contribution in [-0.2, 0) is 9.53 Å². The second-order valence-electron chi connectivity index (χ2n) is 5.22. The molecule has 1 heterocycles. The van der Waals surface area contributed by atoms with Gasteiger partial charge in [0.05, 0.1) is 29.7 Å². The molecule has 110 valence electrons. The number of hydrogen-bond donors (Lipinski definition) is 3. The van der Waals surface area contributed by atoms with Crippen molar-refractivity contribution in [1.29, 1.82) is 0 Å². The van der Waals surface area contributed by atoms with Crippen LogP contribution in [0.4, 0.5) is 17.1 Å². The Morgan fingerprint density at radius 3 is 2.90 bits per heavy atom. The van der Waals surface area contributed by atoms with Crippen LogP contribution in [0.25, 0.3) is 0 Å². The van der Waals surface area contributed by atoms with Crippen molar-refractivity contribution in [2.24, 2.45) is 5.92 Å². The van der Waals surface area contributed by atoms with Crippen LogP contribution in [0.2, 0.25) is 0 Å². The van der Waals surface area contributed by atoms with Crippen LogP contribution < -0.4 is 21.1 Å². The molecule has 1 aromatic carbocycles. The fourth-order valence-electron chi connectivity index (χ4n) is 2.05. The maximum atomic E-state index is 11.3. The van der Waals surface area contributed by atoms with E-state index in [4.69, 9.17) is 15.2 Å². The minimum Gasteiger partial charge on any atom is -0.482 e. The molecule has 1 unspecified atom stereocenters. The first kappa shape index (κ1) is 14.5. The highest BCUT2D eigenvalue weighted by Crippen LogP contribution is 2.35. The van der Waals surface area contributed by atoms with E-state index >= 15 is 0 Å². The van der Waals surface area contributed by atoms with Crippen molar-refractivity contribution in [2.75, 3.05) is 36.7 Å². The third kappa shape index (κ3) is 3.14. The van der Waals surface area contributed by atoms with Gasteiger partial charge in [-0.1, -0.05) is 13.8 Å². The number of carbonyl (C=O) groups is 1. The predicted molar refractivity (Wildman–Crippen MR) is 79.1 cm³/mol. The molecule has 4 N–H and O–H groups in total. The summed E-state index contributed by atoms with van der Waals surface area (Å²) in [4.78, 5) is 11.3. The van der Waals surface area contributed by atoms with Gasteiger partial charge in [-0.3, -0.25) is 4.79 Å². The van der Waals surface area contributed by atoms with Gasteiger partial charge in [0.1, 0.15) is 5.75 Å². The largest absolute Gasteiger partial charge is 0.482 e. The number of rotatable bonds is 5. The van der Waals surface area contributed by atoms with E-state index in [2.05, 4.69) is 24.5 Å². The van der Waals surface area contributed by atoms with Crippen LogP contribution in [0.1, 0.15) is 13.8 Å².